The minimum absolute atomic E-state index is 0.228. The van der Waals surface area contributed by atoms with E-state index in [0.717, 1.165) is 22.2 Å². The maximum Gasteiger partial charge on any atom is 0.415 e. The van der Waals surface area contributed by atoms with Gasteiger partial charge in [0.1, 0.15) is 11.8 Å². The number of carbonyl (C=O) groups is 2. The molecule has 1 aromatic heterocycles. The van der Waals surface area contributed by atoms with Gasteiger partial charge in [-0.15, -0.1) is 0 Å². The van der Waals surface area contributed by atoms with E-state index in [0.29, 0.717) is 23.8 Å². The predicted octanol–water partition coefficient (Wildman–Crippen LogP) is 4.21. The number of aryl methyl sites for hydroxylation is 1. The molecule has 3 aromatic rings. The number of thiazole rings is 1. The first-order chi connectivity index (χ1) is 13.1. The number of rotatable bonds is 3. The first-order valence-electron chi connectivity index (χ1n) is 8.82. The van der Waals surface area contributed by atoms with Crippen LogP contribution in [0.3, 0.4) is 0 Å². The number of benzene rings is 2. The van der Waals surface area contributed by atoms with Gasteiger partial charge >= 0.3 is 6.09 Å². The topological polar surface area (TPSA) is 71.5 Å². The van der Waals surface area contributed by atoms with Crippen LogP contribution in [0.2, 0.25) is 0 Å². The van der Waals surface area contributed by atoms with Gasteiger partial charge in [-0.05, 0) is 49.6 Å². The van der Waals surface area contributed by atoms with Gasteiger partial charge in [0.25, 0.3) is 0 Å². The number of fused-ring (bicyclic) bond motifs is 1. The van der Waals surface area contributed by atoms with Crippen LogP contribution in [0.4, 0.5) is 9.93 Å². The third-order valence-electron chi connectivity index (χ3n) is 4.51. The fraction of sp³-hybridized carbons (Fsp3) is 0.250. The zero-order valence-electron chi connectivity index (χ0n) is 14.8. The number of carbonyl (C=O) groups excluding carboxylic acids is 2. The Morgan fingerprint density at radius 2 is 2.04 bits per heavy atom. The average Bonchev–Trinajstić information content (AvgIpc) is 3.28. The monoisotopic (exact) mass is 381 g/mol. The molecule has 0 bridgehead atoms. The summed E-state index contributed by atoms with van der Waals surface area (Å²) in [6.07, 6.45) is 0.875. The fourth-order valence-electron chi connectivity index (χ4n) is 3.18. The Labute approximate surface area is 160 Å². The predicted molar refractivity (Wildman–Crippen MR) is 105 cm³/mol. The smallest absolute Gasteiger partial charge is 0.410 e. The van der Waals surface area contributed by atoms with E-state index >= 15 is 0 Å². The van der Waals surface area contributed by atoms with Crippen LogP contribution in [0.5, 0.6) is 5.75 Å². The van der Waals surface area contributed by atoms with Gasteiger partial charge in [0.05, 0.1) is 10.2 Å². The summed E-state index contributed by atoms with van der Waals surface area (Å²) in [7, 11) is 0. The summed E-state index contributed by atoms with van der Waals surface area (Å²) < 4.78 is 6.41. The maximum atomic E-state index is 12.7. The molecule has 0 aliphatic carbocycles. The Hall–Kier alpha value is -2.93. The highest BCUT2D eigenvalue weighted by Crippen LogP contribution is 2.28. The number of ether oxygens (including phenoxy) is 1. The molecular formula is C20H19N3O3S. The van der Waals surface area contributed by atoms with Crippen molar-refractivity contribution in [2.24, 2.45) is 0 Å². The number of nitrogens with zero attached hydrogens (tertiary/aromatic N) is 2. The standard InChI is InChI=1S/C20H19N3O3S/c1-13-9-10-15-17(12-13)27-19(21-15)22-18(24)16-8-5-11-23(16)20(25)26-14-6-3-2-4-7-14/h2-4,6-7,9-10,12,16H,5,8,11H2,1H3,(H,21,22,24)/t16-/m0/s1. The Morgan fingerprint density at radius 3 is 2.85 bits per heavy atom. The molecule has 2 heterocycles. The molecule has 1 N–H and O–H groups in total. The van der Waals surface area contributed by atoms with Crippen LogP contribution < -0.4 is 10.1 Å². The number of anilines is 1. The number of nitrogens with one attached hydrogen (secondary N) is 1. The lowest BCUT2D eigenvalue weighted by Crippen LogP contribution is -2.44. The molecular weight excluding hydrogens is 362 g/mol. The first kappa shape index (κ1) is 17.5. The minimum atomic E-state index is -0.546. The van der Waals surface area contributed by atoms with Crippen LogP contribution >= 0.6 is 11.3 Å². The van der Waals surface area contributed by atoms with Crippen LogP contribution in [-0.2, 0) is 4.79 Å². The number of hydrogen-bond donors (Lipinski definition) is 1. The second-order valence-corrected chi connectivity index (χ2v) is 7.54. The average molecular weight is 381 g/mol. The molecule has 27 heavy (non-hydrogen) atoms. The molecule has 0 radical (unpaired) electrons. The van der Waals surface area contributed by atoms with Crippen molar-refractivity contribution in [3.63, 3.8) is 0 Å². The molecule has 1 fully saturated rings. The quantitative estimate of drug-likeness (QED) is 0.738. The van der Waals surface area contributed by atoms with E-state index in [1.165, 1.54) is 16.2 Å². The lowest BCUT2D eigenvalue weighted by atomic mass is 10.2. The molecule has 2 amide bonds. The summed E-state index contributed by atoms with van der Waals surface area (Å²) in [6.45, 7) is 2.52. The maximum absolute atomic E-state index is 12.7. The van der Waals surface area contributed by atoms with Crippen molar-refractivity contribution in [3.8, 4) is 5.75 Å². The van der Waals surface area contributed by atoms with Gasteiger partial charge in [0, 0.05) is 6.54 Å². The van der Waals surface area contributed by atoms with Crippen LogP contribution in [0.1, 0.15) is 18.4 Å². The van der Waals surface area contributed by atoms with Gasteiger partial charge in [-0.2, -0.15) is 0 Å². The molecule has 1 aliphatic heterocycles. The van der Waals surface area contributed by atoms with E-state index < -0.39 is 12.1 Å². The third-order valence-corrected chi connectivity index (χ3v) is 5.45. The normalized spacial score (nSPS) is 16.5. The van der Waals surface area contributed by atoms with Crippen molar-refractivity contribution in [2.45, 2.75) is 25.8 Å². The van der Waals surface area contributed by atoms with Crippen molar-refractivity contribution in [3.05, 3.63) is 54.1 Å². The minimum Gasteiger partial charge on any atom is -0.410 e. The number of aromatic nitrogens is 1. The van der Waals surface area contributed by atoms with E-state index in [9.17, 15) is 9.59 Å². The van der Waals surface area contributed by atoms with Crippen molar-refractivity contribution in [1.29, 1.82) is 0 Å². The largest absolute Gasteiger partial charge is 0.415 e. The molecule has 1 saturated heterocycles. The SMILES string of the molecule is Cc1ccc2nc(NC(=O)[C@@H]3CCCN3C(=O)Oc3ccccc3)sc2c1. The van der Waals surface area contributed by atoms with Gasteiger partial charge in [0.2, 0.25) is 5.91 Å². The van der Waals surface area contributed by atoms with Crippen LogP contribution in [-0.4, -0.2) is 34.5 Å². The van der Waals surface area contributed by atoms with Gasteiger partial charge < -0.3 is 10.1 Å². The summed E-state index contributed by atoms with van der Waals surface area (Å²) >= 11 is 1.43. The molecule has 4 rings (SSSR count). The molecule has 6 nitrogen and oxygen atoms in total. The Morgan fingerprint density at radius 1 is 1.22 bits per heavy atom. The van der Waals surface area contributed by atoms with E-state index in [4.69, 9.17) is 4.74 Å². The summed E-state index contributed by atoms with van der Waals surface area (Å²) in [5.41, 5.74) is 2.00. The number of para-hydroxylation sites is 1. The second-order valence-electron chi connectivity index (χ2n) is 6.51. The van der Waals surface area contributed by atoms with Crippen molar-refractivity contribution < 1.29 is 14.3 Å². The van der Waals surface area contributed by atoms with Gasteiger partial charge in [-0.3, -0.25) is 9.69 Å². The molecule has 138 valence electrons. The van der Waals surface area contributed by atoms with E-state index in [1.54, 1.807) is 24.3 Å². The highest BCUT2D eigenvalue weighted by molar-refractivity contribution is 7.22. The van der Waals surface area contributed by atoms with Crippen LogP contribution in [0.25, 0.3) is 10.2 Å². The van der Waals surface area contributed by atoms with Gasteiger partial charge in [-0.25, -0.2) is 9.78 Å². The van der Waals surface area contributed by atoms with Gasteiger partial charge in [0.15, 0.2) is 5.13 Å². The Kier molecular flexibility index (Phi) is 4.77. The number of amides is 2. The highest BCUT2D eigenvalue weighted by atomic mass is 32.1. The van der Waals surface area contributed by atoms with E-state index in [-0.39, 0.29) is 5.91 Å². The molecule has 0 unspecified atom stereocenters. The Bertz CT molecular complexity index is 987. The number of hydrogen-bond acceptors (Lipinski definition) is 5. The van der Waals surface area contributed by atoms with Gasteiger partial charge in [-0.1, -0.05) is 35.6 Å². The zero-order valence-corrected chi connectivity index (χ0v) is 15.7. The second kappa shape index (κ2) is 7.36. The van der Waals surface area contributed by atoms with E-state index in [2.05, 4.69) is 10.3 Å². The molecule has 7 heteroatoms. The van der Waals surface area contributed by atoms with Crippen molar-refractivity contribution in [2.75, 3.05) is 11.9 Å². The summed E-state index contributed by atoms with van der Waals surface area (Å²) in [6, 6.07) is 14.3. The molecule has 1 atom stereocenters. The summed E-state index contributed by atoms with van der Waals surface area (Å²) in [4.78, 5) is 31.1. The number of likely N-dealkylation sites (tertiary alicyclic amines) is 1. The third kappa shape index (κ3) is 3.78. The Balaban J connectivity index is 1.45. The van der Waals surface area contributed by atoms with Crippen LogP contribution in [0.15, 0.2) is 48.5 Å². The molecule has 0 saturated carbocycles. The summed E-state index contributed by atoms with van der Waals surface area (Å²) in [5, 5.41) is 3.41. The van der Waals surface area contributed by atoms with E-state index in [1.807, 2.05) is 31.2 Å². The molecule has 0 spiro atoms. The first-order valence-corrected chi connectivity index (χ1v) is 9.63. The zero-order chi connectivity index (χ0) is 18.8. The lowest BCUT2D eigenvalue weighted by Gasteiger charge is -2.22. The fourth-order valence-corrected chi connectivity index (χ4v) is 4.15. The van der Waals surface area contributed by atoms with Crippen molar-refractivity contribution in [1.82, 2.24) is 9.88 Å². The van der Waals surface area contributed by atoms with Crippen molar-refractivity contribution >= 4 is 38.7 Å². The molecule has 1 aliphatic rings. The van der Waals surface area contributed by atoms with Crippen LogP contribution in [0, 0.1) is 6.92 Å². The lowest BCUT2D eigenvalue weighted by molar-refractivity contribution is -0.119. The summed E-state index contributed by atoms with van der Waals surface area (Å²) in [5.74, 6) is 0.239. The highest BCUT2D eigenvalue weighted by Gasteiger charge is 2.35. The molecule has 2 aromatic carbocycles.